The minimum atomic E-state index is -0.135. The lowest BCUT2D eigenvalue weighted by atomic mass is 10.2. The Balaban J connectivity index is 1.80. The smallest absolute Gasteiger partial charge is 0.237 e. The van der Waals surface area contributed by atoms with E-state index in [1.165, 1.54) is 4.52 Å². The minimum Gasteiger partial charge on any atom is -0.438 e. The molecule has 0 aliphatic carbocycles. The second-order valence-electron chi connectivity index (χ2n) is 5.64. The Morgan fingerprint density at radius 1 is 1.28 bits per heavy atom. The SMILES string of the molecule is CC(C)C(=O)Nc1cn2nc(Oc3cccc(NC=O)c3)ccc2n1. The molecule has 2 amide bonds. The molecule has 1 aromatic carbocycles. The first-order chi connectivity index (χ1) is 12.0. The van der Waals surface area contributed by atoms with Gasteiger partial charge in [-0.1, -0.05) is 19.9 Å². The van der Waals surface area contributed by atoms with Crippen LogP contribution in [-0.4, -0.2) is 26.9 Å². The fourth-order valence-electron chi connectivity index (χ4n) is 2.09. The van der Waals surface area contributed by atoms with Crippen molar-refractivity contribution < 1.29 is 14.3 Å². The highest BCUT2D eigenvalue weighted by molar-refractivity contribution is 5.91. The molecule has 2 aromatic heterocycles. The van der Waals surface area contributed by atoms with Gasteiger partial charge in [0.1, 0.15) is 5.75 Å². The zero-order valence-corrected chi connectivity index (χ0v) is 13.8. The first kappa shape index (κ1) is 16.4. The number of benzene rings is 1. The van der Waals surface area contributed by atoms with E-state index in [9.17, 15) is 9.59 Å². The third-order valence-electron chi connectivity index (χ3n) is 3.35. The number of ether oxygens (including phenoxy) is 1. The van der Waals surface area contributed by atoms with Crippen LogP contribution in [0.3, 0.4) is 0 Å². The van der Waals surface area contributed by atoms with Crippen LogP contribution in [0, 0.1) is 5.92 Å². The number of hydrogen-bond acceptors (Lipinski definition) is 5. The van der Waals surface area contributed by atoms with Gasteiger partial charge in [-0.25, -0.2) is 9.50 Å². The second-order valence-corrected chi connectivity index (χ2v) is 5.64. The number of fused-ring (bicyclic) bond motifs is 1. The van der Waals surface area contributed by atoms with Gasteiger partial charge in [-0.3, -0.25) is 9.59 Å². The molecule has 0 fully saturated rings. The molecule has 0 spiro atoms. The molecular weight excluding hydrogens is 322 g/mol. The molecule has 0 unspecified atom stereocenters. The van der Waals surface area contributed by atoms with Crippen molar-refractivity contribution in [3.63, 3.8) is 0 Å². The number of amides is 2. The average Bonchev–Trinajstić information content (AvgIpc) is 2.97. The minimum absolute atomic E-state index is 0.112. The number of carbonyl (C=O) groups excluding carboxylic acids is 2. The van der Waals surface area contributed by atoms with Crippen LogP contribution in [0.4, 0.5) is 11.5 Å². The van der Waals surface area contributed by atoms with Crippen LogP contribution < -0.4 is 15.4 Å². The number of carbonyl (C=O) groups is 2. The highest BCUT2D eigenvalue weighted by Gasteiger charge is 2.11. The molecule has 0 saturated heterocycles. The van der Waals surface area contributed by atoms with Crippen LogP contribution in [0.2, 0.25) is 0 Å². The van der Waals surface area contributed by atoms with E-state index in [4.69, 9.17) is 4.74 Å². The zero-order chi connectivity index (χ0) is 17.8. The molecule has 3 rings (SSSR count). The van der Waals surface area contributed by atoms with Crippen LogP contribution in [0.5, 0.6) is 11.6 Å². The molecule has 3 aromatic rings. The molecule has 8 nitrogen and oxygen atoms in total. The van der Waals surface area contributed by atoms with Crippen molar-refractivity contribution in [1.29, 1.82) is 0 Å². The zero-order valence-electron chi connectivity index (χ0n) is 13.8. The van der Waals surface area contributed by atoms with Crippen LogP contribution in [0.25, 0.3) is 5.65 Å². The second kappa shape index (κ2) is 7.00. The Labute approximate surface area is 143 Å². The molecule has 0 saturated carbocycles. The number of anilines is 2. The van der Waals surface area contributed by atoms with Crippen molar-refractivity contribution in [3.05, 3.63) is 42.6 Å². The number of nitrogens with one attached hydrogen (secondary N) is 2. The fourth-order valence-corrected chi connectivity index (χ4v) is 2.09. The van der Waals surface area contributed by atoms with Crippen LogP contribution in [0.15, 0.2) is 42.6 Å². The Bertz CT molecular complexity index is 920. The summed E-state index contributed by atoms with van der Waals surface area (Å²) < 4.78 is 7.23. The monoisotopic (exact) mass is 339 g/mol. The number of aromatic nitrogens is 3. The summed E-state index contributed by atoms with van der Waals surface area (Å²) in [6.07, 6.45) is 2.22. The maximum Gasteiger partial charge on any atom is 0.237 e. The first-order valence-electron chi connectivity index (χ1n) is 7.70. The van der Waals surface area contributed by atoms with E-state index in [0.717, 1.165) is 0 Å². The van der Waals surface area contributed by atoms with E-state index in [0.29, 0.717) is 35.2 Å². The van der Waals surface area contributed by atoms with Gasteiger partial charge in [0.05, 0.1) is 6.20 Å². The maximum absolute atomic E-state index is 11.7. The maximum atomic E-state index is 11.7. The molecule has 2 heterocycles. The van der Waals surface area contributed by atoms with Crippen LogP contribution >= 0.6 is 0 Å². The summed E-state index contributed by atoms with van der Waals surface area (Å²) in [5, 5.41) is 9.60. The Morgan fingerprint density at radius 2 is 2.12 bits per heavy atom. The number of hydrogen-bond donors (Lipinski definition) is 2. The largest absolute Gasteiger partial charge is 0.438 e. The van der Waals surface area contributed by atoms with Crippen molar-refractivity contribution in [2.45, 2.75) is 13.8 Å². The summed E-state index contributed by atoms with van der Waals surface area (Å²) in [6.45, 7) is 3.62. The van der Waals surface area contributed by atoms with Crippen LogP contribution in [0.1, 0.15) is 13.8 Å². The molecule has 2 N–H and O–H groups in total. The number of rotatable bonds is 6. The lowest BCUT2D eigenvalue weighted by Crippen LogP contribution is -2.17. The predicted octanol–water partition coefficient (Wildman–Crippen LogP) is 2.68. The van der Waals surface area contributed by atoms with Gasteiger partial charge in [-0.15, -0.1) is 5.10 Å². The summed E-state index contributed by atoms with van der Waals surface area (Å²) in [4.78, 5) is 26.5. The Hall–Kier alpha value is -3.42. The topological polar surface area (TPSA) is 97.6 Å². The molecule has 0 bridgehead atoms. The lowest BCUT2D eigenvalue weighted by Gasteiger charge is -2.06. The molecule has 0 radical (unpaired) electrons. The van der Waals surface area contributed by atoms with Gasteiger partial charge in [0.25, 0.3) is 0 Å². The molecule has 0 aliphatic heterocycles. The van der Waals surface area contributed by atoms with Crippen molar-refractivity contribution in [2.24, 2.45) is 5.92 Å². The molecule has 0 atom stereocenters. The summed E-state index contributed by atoms with van der Waals surface area (Å²) in [7, 11) is 0. The molecule has 25 heavy (non-hydrogen) atoms. The van der Waals surface area contributed by atoms with Crippen molar-refractivity contribution in [2.75, 3.05) is 10.6 Å². The van der Waals surface area contributed by atoms with Crippen molar-refractivity contribution in [3.8, 4) is 11.6 Å². The van der Waals surface area contributed by atoms with Crippen molar-refractivity contribution in [1.82, 2.24) is 14.6 Å². The number of nitrogens with zero attached hydrogens (tertiary/aromatic N) is 3. The van der Waals surface area contributed by atoms with Gasteiger partial charge in [0.15, 0.2) is 11.5 Å². The molecule has 0 aliphatic rings. The summed E-state index contributed by atoms with van der Waals surface area (Å²) >= 11 is 0. The van der Waals surface area contributed by atoms with E-state index < -0.39 is 0 Å². The van der Waals surface area contributed by atoms with Crippen LogP contribution in [-0.2, 0) is 9.59 Å². The Kier molecular flexibility index (Phi) is 4.60. The third-order valence-corrected chi connectivity index (χ3v) is 3.35. The summed E-state index contributed by atoms with van der Waals surface area (Å²) in [6, 6.07) is 10.4. The van der Waals surface area contributed by atoms with Gasteiger partial charge in [0, 0.05) is 23.7 Å². The van der Waals surface area contributed by atoms with E-state index in [1.54, 1.807) is 42.6 Å². The fraction of sp³-hybridized carbons (Fsp3) is 0.176. The molecular formula is C17H17N5O3. The van der Waals surface area contributed by atoms with Crippen molar-refractivity contribution >= 4 is 29.5 Å². The first-order valence-corrected chi connectivity index (χ1v) is 7.70. The highest BCUT2D eigenvalue weighted by atomic mass is 16.5. The van der Waals surface area contributed by atoms with Gasteiger partial charge in [0.2, 0.25) is 18.2 Å². The Morgan fingerprint density at radius 3 is 2.88 bits per heavy atom. The predicted molar refractivity (Wildman–Crippen MR) is 92.7 cm³/mol. The molecule has 128 valence electrons. The molecule has 8 heteroatoms. The van der Waals surface area contributed by atoms with Gasteiger partial charge in [-0.2, -0.15) is 0 Å². The quantitative estimate of drug-likeness (QED) is 0.673. The van der Waals surface area contributed by atoms with Gasteiger partial charge in [-0.05, 0) is 18.2 Å². The summed E-state index contributed by atoms with van der Waals surface area (Å²) in [5.74, 6) is 1.07. The third kappa shape index (κ3) is 3.92. The standard InChI is InChI=1S/C17H17N5O3/c1-11(2)17(24)20-14-9-22-15(19-14)6-7-16(21-22)25-13-5-3-4-12(8-13)18-10-23/h3-11H,1-2H3,(H,18,23)(H,20,24). The normalized spacial score (nSPS) is 10.7. The number of imidazole rings is 1. The van der Waals surface area contributed by atoms with Gasteiger partial charge < -0.3 is 15.4 Å². The average molecular weight is 339 g/mol. The van der Waals surface area contributed by atoms with Gasteiger partial charge >= 0.3 is 0 Å². The summed E-state index contributed by atoms with van der Waals surface area (Å²) in [5.41, 5.74) is 1.21. The van der Waals surface area contributed by atoms with E-state index in [1.807, 2.05) is 13.8 Å². The highest BCUT2D eigenvalue weighted by Crippen LogP contribution is 2.23. The van der Waals surface area contributed by atoms with E-state index in [-0.39, 0.29) is 11.8 Å². The van der Waals surface area contributed by atoms with E-state index >= 15 is 0 Å². The van der Waals surface area contributed by atoms with E-state index in [2.05, 4.69) is 20.7 Å². The lowest BCUT2D eigenvalue weighted by molar-refractivity contribution is -0.118.